The number of furan rings is 1. The van der Waals surface area contributed by atoms with Gasteiger partial charge in [-0.3, -0.25) is 0 Å². The fraction of sp³-hybridized carbons (Fsp3) is 0.190. The minimum Gasteiger partial charge on any atom is -0.455 e. The summed E-state index contributed by atoms with van der Waals surface area (Å²) in [5.41, 5.74) is 6.80. The van der Waals surface area contributed by atoms with Gasteiger partial charge in [-0.05, 0) is 38.0 Å². The maximum atomic E-state index is 6.34. The first kappa shape index (κ1) is 14.0. The minimum absolute atomic E-state index is 0.936. The van der Waals surface area contributed by atoms with Crippen LogP contribution in [0.25, 0.3) is 33.2 Å². The van der Waals surface area contributed by atoms with Crippen molar-refractivity contribution >= 4 is 21.9 Å². The molecule has 0 N–H and O–H groups in total. The maximum absolute atomic E-state index is 6.34. The number of pyridine rings is 1. The monoisotopic (exact) mass is 302 g/mol. The molecule has 23 heavy (non-hydrogen) atoms. The molecule has 0 spiro atoms. The summed E-state index contributed by atoms with van der Waals surface area (Å²) in [6.07, 6.45) is 2.13. The number of fused-ring (bicyclic) bond motifs is 3. The highest BCUT2D eigenvalue weighted by Crippen LogP contribution is 2.37. The zero-order valence-electron chi connectivity index (χ0n) is 13.8. The van der Waals surface area contributed by atoms with Gasteiger partial charge in [0.15, 0.2) is 6.20 Å². The molecular formula is C21H20NO+. The van der Waals surface area contributed by atoms with Gasteiger partial charge in [0.1, 0.15) is 17.7 Å². The summed E-state index contributed by atoms with van der Waals surface area (Å²) in [4.78, 5) is 0. The van der Waals surface area contributed by atoms with Crippen LogP contribution in [0.1, 0.15) is 18.1 Å². The van der Waals surface area contributed by atoms with Gasteiger partial charge >= 0.3 is 0 Å². The van der Waals surface area contributed by atoms with E-state index in [4.69, 9.17) is 4.42 Å². The average Bonchev–Trinajstić information content (AvgIpc) is 2.95. The summed E-state index contributed by atoms with van der Waals surface area (Å²) >= 11 is 0. The molecule has 0 radical (unpaired) electrons. The van der Waals surface area contributed by atoms with Crippen LogP contribution >= 0.6 is 0 Å². The average molecular weight is 302 g/mol. The van der Waals surface area contributed by atoms with Gasteiger partial charge in [0.05, 0.1) is 5.56 Å². The van der Waals surface area contributed by atoms with Gasteiger partial charge < -0.3 is 4.42 Å². The first-order chi connectivity index (χ1) is 11.2. The van der Waals surface area contributed by atoms with Crippen LogP contribution < -0.4 is 4.57 Å². The van der Waals surface area contributed by atoms with Gasteiger partial charge in [0, 0.05) is 22.9 Å². The van der Waals surface area contributed by atoms with Crippen LogP contribution in [0.4, 0.5) is 0 Å². The molecule has 0 atom stereocenters. The van der Waals surface area contributed by atoms with Crippen LogP contribution in [-0.2, 0) is 6.54 Å². The standard InChI is InChI=1S/C21H20NO/c1-4-22-13-6-5-10-18(22)19-14(2)11-12-17-16-9-7-8-15(3)20(16)23-21(17)19/h5-13H,4H2,1-3H3/q+1. The summed E-state index contributed by atoms with van der Waals surface area (Å²) < 4.78 is 8.60. The third-order valence-electron chi connectivity index (χ3n) is 4.61. The van der Waals surface area contributed by atoms with E-state index in [-0.39, 0.29) is 0 Å². The molecule has 0 aliphatic carbocycles. The zero-order chi connectivity index (χ0) is 16.0. The number of aryl methyl sites for hydroxylation is 3. The number of hydrogen-bond acceptors (Lipinski definition) is 1. The lowest BCUT2D eigenvalue weighted by atomic mass is 10.0. The SMILES string of the molecule is CC[n+]1ccccc1-c1c(C)ccc2c1oc1c(C)cccc12. The Hall–Kier alpha value is -2.61. The van der Waals surface area contributed by atoms with Gasteiger partial charge in [-0.1, -0.05) is 30.3 Å². The normalized spacial score (nSPS) is 11.4. The summed E-state index contributed by atoms with van der Waals surface area (Å²) in [6, 6.07) is 17.1. The van der Waals surface area contributed by atoms with E-state index in [0.717, 1.165) is 17.7 Å². The van der Waals surface area contributed by atoms with Crippen LogP contribution in [0.3, 0.4) is 0 Å². The predicted molar refractivity (Wildman–Crippen MR) is 94.5 cm³/mol. The fourth-order valence-corrected chi connectivity index (χ4v) is 3.40. The Kier molecular flexibility index (Phi) is 3.19. The highest BCUT2D eigenvalue weighted by Gasteiger charge is 2.21. The number of benzene rings is 2. The van der Waals surface area contributed by atoms with Crippen molar-refractivity contribution in [2.24, 2.45) is 0 Å². The van der Waals surface area contributed by atoms with Crippen molar-refractivity contribution in [1.82, 2.24) is 0 Å². The molecule has 0 saturated heterocycles. The molecule has 2 nitrogen and oxygen atoms in total. The molecule has 2 aromatic heterocycles. The molecule has 2 heteroatoms. The lowest BCUT2D eigenvalue weighted by molar-refractivity contribution is -0.682. The second kappa shape index (κ2) is 5.24. The summed E-state index contributed by atoms with van der Waals surface area (Å²) in [5.74, 6) is 0. The molecule has 0 amide bonds. The van der Waals surface area contributed by atoms with Crippen LogP contribution in [0, 0.1) is 13.8 Å². The van der Waals surface area contributed by atoms with E-state index < -0.39 is 0 Å². The van der Waals surface area contributed by atoms with Crippen molar-refractivity contribution in [2.75, 3.05) is 0 Å². The molecule has 0 unspecified atom stereocenters. The lowest BCUT2D eigenvalue weighted by Crippen LogP contribution is -2.34. The highest BCUT2D eigenvalue weighted by molar-refractivity contribution is 6.10. The summed E-state index contributed by atoms with van der Waals surface area (Å²) in [5, 5.41) is 2.39. The smallest absolute Gasteiger partial charge is 0.216 e. The molecule has 0 saturated carbocycles. The van der Waals surface area contributed by atoms with E-state index in [9.17, 15) is 0 Å². The Bertz CT molecular complexity index is 1030. The quantitative estimate of drug-likeness (QED) is 0.466. The Morgan fingerprint density at radius 1 is 0.826 bits per heavy atom. The number of nitrogens with zero attached hydrogens (tertiary/aromatic N) is 1. The van der Waals surface area contributed by atoms with Gasteiger partial charge in [-0.25, -0.2) is 0 Å². The van der Waals surface area contributed by atoms with Crippen molar-refractivity contribution in [1.29, 1.82) is 0 Å². The molecule has 0 fully saturated rings. The molecule has 0 aliphatic heterocycles. The van der Waals surface area contributed by atoms with Crippen molar-refractivity contribution in [2.45, 2.75) is 27.3 Å². The molecule has 0 bridgehead atoms. The van der Waals surface area contributed by atoms with Gasteiger partial charge in [-0.15, -0.1) is 0 Å². The number of rotatable bonds is 2. The first-order valence-corrected chi connectivity index (χ1v) is 8.11. The molecule has 114 valence electrons. The molecule has 2 aromatic carbocycles. The number of aromatic nitrogens is 1. The molecular weight excluding hydrogens is 282 g/mol. The first-order valence-electron chi connectivity index (χ1n) is 8.11. The predicted octanol–water partition coefficient (Wildman–Crippen LogP) is 5.18. The third kappa shape index (κ3) is 2.06. The largest absolute Gasteiger partial charge is 0.455 e. The molecule has 4 aromatic rings. The topological polar surface area (TPSA) is 17.0 Å². The van der Waals surface area contributed by atoms with Crippen molar-refractivity contribution < 1.29 is 8.98 Å². The van der Waals surface area contributed by atoms with Gasteiger partial charge in [0.25, 0.3) is 0 Å². The molecule has 2 heterocycles. The van der Waals surface area contributed by atoms with Gasteiger partial charge in [-0.2, -0.15) is 4.57 Å². The van der Waals surface area contributed by atoms with Crippen molar-refractivity contribution in [3.05, 3.63) is 65.9 Å². The van der Waals surface area contributed by atoms with Crippen molar-refractivity contribution in [3.8, 4) is 11.3 Å². The molecule has 0 aliphatic rings. The van der Waals surface area contributed by atoms with Crippen molar-refractivity contribution in [3.63, 3.8) is 0 Å². The van der Waals surface area contributed by atoms with Gasteiger partial charge in [0.2, 0.25) is 5.69 Å². The molecule has 4 rings (SSSR count). The van der Waals surface area contributed by atoms with E-state index in [2.05, 4.69) is 80.1 Å². The Morgan fingerprint density at radius 2 is 1.65 bits per heavy atom. The summed E-state index contributed by atoms with van der Waals surface area (Å²) in [7, 11) is 0. The van der Waals surface area contributed by atoms with Crippen LogP contribution in [0.2, 0.25) is 0 Å². The Morgan fingerprint density at radius 3 is 2.48 bits per heavy atom. The van der Waals surface area contributed by atoms with E-state index in [1.165, 1.54) is 33.2 Å². The lowest BCUT2D eigenvalue weighted by Gasteiger charge is -2.06. The van der Waals surface area contributed by atoms with Crippen LogP contribution in [-0.4, -0.2) is 0 Å². The maximum Gasteiger partial charge on any atom is 0.216 e. The van der Waals surface area contributed by atoms with E-state index in [1.807, 2.05) is 0 Å². The van der Waals surface area contributed by atoms with Crippen LogP contribution in [0.15, 0.2) is 59.1 Å². The highest BCUT2D eigenvalue weighted by atomic mass is 16.3. The van der Waals surface area contributed by atoms with E-state index >= 15 is 0 Å². The van der Waals surface area contributed by atoms with Crippen LogP contribution in [0.5, 0.6) is 0 Å². The fourth-order valence-electron chi connectivity index (χ4n) is 3.40. The second-order valence-electron chi connectivity index (χ2n) is 6.06. The van der Waals surface area contributed by atoms with E-state index in [1.54, 1.807) is 0 Å². The zero-order valence-corrected chi connectivity index (χ0v) is 13.8. The second-order valence-corrected chi connectivity index (χ2v) is 6.06. The Labute approximate surface area is 136 Å². The Balaban J connectivity index is 2.16. The minimum atomic E-state index is 0.936. The van der Waals surface area contributed by atoms with E-state index in [0.29, 0.717) is 0 Å². The summed E-state index contributed by atoms with van der Waals surface area (Å²) in [6.45, 7) is 7.36. The number of hydrogen-bond donors (Lipinski definition) is 0. The number of para-hydroxylation sites is 1. The third-order valence-corrected chi connectivity index (χ3v) is 4.61.